The van der Waals surface area contributed by atoms with E-state index in [-0.39, 0.29) is 6.61 Å². The van der Waals surface area contributed by atoms with Crippen molar-refractivity contribution in [1.82, 2.24) is 4.98 Å². The third-order valence-corrected chi connectivity index (χ3v) is 2.95. The summed E-state index contributed by atoms with van der Waals surface area (Å²) in [5, 5.41) is 9.25. The molecule has 0 fully saturated rings. The Bertz CT molecular complexity index is 364. The molecule has 0 aliphatic heterocycles. The summed E-state index contributed by atoms with van der Waals surface area (Å²) in [6.07, 6.45) is 2.34. The molecule has 0 saturated carbocycles. The number of hydrogen-bond donors (Lipinski definition) is 1. The second-order valence-corrected chi connectivity index (χ2v) is 5.26. The fourth-order valence-electron chi connectivity index (χ4n) is 1.85. The van der Waals surface area contributed by atoms with E-state index in [1.807, 2.05) is 12.1 Å². The number of aliphatic hydroxyl groups is 1. The average molecular weight is 251 g/mol. The minimum Gasteiger partial charge on any atom is -0.477 e. The molecule has 3 nitrogen and oxygen atoms in total. The molecule has 1 rings (SSSR count). The van der Waals surface area contributed by atoms with Crippen LogP contribution in [-0.2, 0) is 6.61 Å². The fourth-order valence-corrected chi connectivity index (χ4v) is 1.85. The number of nitrogens with zero attached hydrogens (tertiary/aromatic N) is 1. The van der Waals surface area contributed by atoms with Gasteiger partial charge in [0.25, 0.3) is 0 Å². The van der Waals surface area contributed by atoms with E-state index in [0.29, 0.717) is 24.3 Å². The van der Waals surface area contributed by atoms with E-state index in [1.54, 1.807) is 0 Å². The minimum absolute atomic E-state index is 0.0309. The fraction of sp³-hybridized carbons (Fsp3) is 0.667. The first kappa shape index (κ1) is 15.0. The number of rotatable bonds is 7. The Labute approximate surface area is 110 Å². The molecule has 0 aromatic carbocycles. The van der Waals surface area contributed by atoms with Crippen molar-refractivity contribution in [2.75, 3.05) is 6.61 Å². The third-order valence-electron chi connectivity index (χ3n) is 2.95. The molecule has 0 amide bonds. The molecule has 1 N–H and O–H groups in total. The van der Waals surface area contributed by atoms with E-state index in [9.17, 15) is 5.11 Å². The van der Waals surface area contributed by atoms with E-state index in [0.717, 1.165) is 17.7 Å². The van der Waals surface area contributed by atoms with Crippen molar-refractivity contribution in [1.29, 1.82) is 0 Å². The summed E-state index contributed by atoms with van der Waals surface area (Å²) in [6, 6.07) is 3.76. The molecule has 1 unspecified atom stereocenters. The van der Waals surface area contributed by atoms with E-state index < -0.39 is 0 Å². The van der Waals surface area contributed by atoms with Crippen molar-refractivity contribution >= 4 is 0 Å². The van der Waals surface area contributed by atoms with E-state index in [2.05, 4.69) is 32.7 Å². The molecule has 18 heavy (non-hydrogen) atoms. The van der Waals surface area contributed by atoms with Crippen LogP contribution in [0.2, 0.25) is 0 Å². The molecule has 1 aromatic heterocycles. The maximum atomic E-state index is 9.25. The van der Waals surface area contributed by atoms with Crippen molar-refractivity contribution in [2.45, 2.75) is 53.1 Å². The lowest BCUT2D eigenvalue weighted by molar-refractivity contribution is 0.240. The zero-order valence-electron chi connectivity index (χ0n) is 11.9. The Balaban J connectivity index is 2.72. The summed E-state index contributed by atoms with van der Waals surface area (Å²) >= 11 is 0. The monoisotopic (exact) mass is 251 g/mol. The molecule has 0 bridgehead atoms. The van der Waals surface area contributed by atoms with Crippen molar-refractivity contribution in [3.63, 3.8) is 0 Å². The summed E-state index contributed by atoms with van der Waals surface area (Å²) in [5.41, 5.74) is 1.84. The van der Waals surface area contributed by atoms with Crippen molar-refractivity contribution < 1.29 is 9.84 Å². The van der Waals surface area contributed by atoms with Crippen LogP contribution in [0.15, 0.2) is 12.1 Å². The van der Waals surface area contributed by atoms with Gasteiger partial charge in [-0.25, -0.2) is 4.98 Å². The highest BCUT2D eigenvalue weighted by Crippen LogP contribution is 2.20. The number of aromatic nitrogens is 1. The van der Waals surface area contributed by atoms with Gasteiger partial charge in [0.1, 0.15) is 0 Å². The van der Waals surface area contributed by atoms with E-state index in [4.69, 9.17) is 4.74 Å². The molecule has 0 spiro atoms. The van der Waals surface area contributed by atoms with Gasteiger partial charge in [-0.3, -0.25) is 0 Å². The van der Waals surface area contributed by atoms with Gasteiger partial charge in [-0.1, -0.05) is 34.1 Å². The van der Waals surface area contributed by atoms with Gasteiger partial charge in [0.15, 0.2) is 0 Å². The van der Waals surface area contributed by atoms with Crippen LogP contribution in [0.3, 0.4) is 0 Å². The Kier molecular flexibility index (Phi) is 6.13. The maximum Gasteiger partial charge on any atom is 0.213 e. The van der Waals surface area contributed by atoms with E-state index in [1.165, 1.54) is 6.42 Å². The van der Waals surface area contributed by atoms with Gasteiger partial charge in [-0.2, -0.15) is 0 Å². The highest BCUT2D eigenvalue weighted by molar-refractivity contribution is 5.26. The lowest BCUT2D eigenvalue weighted by atomic mass is 10.1. The summed E-state index contributed by atoms with van der Waals surface area (Å²) < 4.78 is 5.73. The lowest BCUT2D eigenvalue weighted by Crippen LogP contribution is -2.10. The standard InChI is InChI=1S/C15H25NO2/c1-5-6-12(4)10-18-15-8-13(9-17)7-14(16-15)11(2)3/h7-8,11-12,17H,5-6,9-10H2,1-4H3. The largest absolute Gasteiger partial charge is 0.477 e. The third kappa shape index (κ3) is 4.65. The molecule has 0 saturated heterocycles. The predicted octanol–water partition coefficient (Wildman–Crippen LogP) is 3.51. The molecule has 1 atom stereocenters. The predicted molar refractivity (Wildman–Crippen MR) is 73.8 cm³/mol. The molecule has 102 valence electrons. The highest BCUT2D eigenvalue weighted by Gasteiger charge is 2.08. The Morgan fingerprint density at radius 3 is 2.56 bits per heavy atom. The van der Waals surface area contributed by atoms with Gasteiger partial charge in [0.2, 0.25) is 5.88 Å². The number of hydrogen-bond acceptors (Lipinski definition) is 3. The Hall–Kier alpha value is -1.09. The Morgan fingerprint density at radius 2 is 2.00 bits per heavy atom. The van der Waals surface area contributed by atoms with Gasteiger partial charge in [0, 0.05) is 11.8 Å². The normalized spacial score (nSPS) is 12.8. The van der Waals surface area contributed by atoms with Crippen LogP contribution in [0.1, 0.15) is 57.7 Å². The van der Waals surface area contributed by atoms with Crippen LogP contribution in [0.4, 0.5) is 0 Å². The van der Waals surface area contributed by atoms with Crippen LogP contribution in [0.25, 0.3) is 0 Å². The molecular formula is C15H25NO2. The number of aliphatic hydroxyl groups excluding tert-OH is 1. The van der Waals surface area contributed by atoms with Crippen LogP contribution in [0.5, 0.6) is 5.88 Å². The first-order valence-corrected chi connectivity index (χ1v) is 6.81. The maximum absolute atomic E-state index is 9.25. The summed E-state index contributed by atoms with van der Waals surface area (Å²) in [7, 11) is 0. The first-order chi connectivity index (χ1) is 8.56. The average Bonchev–Trinajstić information content (AvgIpc) is 2.36. The van der Waals surface area contributed by atoms with Gasteiger partial charge >= 0.3 is 0 Å². The quantitative estimate of drug-likeness (QED) is 0.806. The molecular weight excluding hydrogens is 226 g/mol. The van der Waals surface area contributed by atoms with Gasteiger partial charge < -0.3 is 9.84 Å². The summed E-state index contributed by atoms with van der Waals surface area (Å²) in [5.74, 6) is 1.51. The number of pyridine rings is 1. The van der Waals surface area contributed by atoms with Crippen LogP contribution in [-0.4, -0.2) is 16.7 Å². The Morgan fingerprint density at radius 1 is 1.28 bits per heavy atom. The first-order valence-electron chi connectivity index (χ1n) is 6.81. The second-order valence-electron chi connectivity index (χ2n) is 5.26. The zero-order valence-corrected chi connectivity index (χ0v) is 11.9. The second kappa shape index (κ2) is 7.37. The smallest absolute Gasteiger partial charge is 0.213 e. The van der Waals surface area contributed by atoms with Crippen LogP contribution < -0.4 is 4.74 Å². The van der Waals surface area contributed by atoms with E-state index >= 15 is 0 Å². The zero-order chi connectivity index (χ0) is 13.5. The lowest BCUT2D eigenvalue weighted by Gasteiger charge is -2.14. The summed E-state index contributed by atoms with van der Waals surface area (Å²) in [6.45, 7) is 9.26. The van der Waals surface area contributed by atoms with Gasteiger partial charge in [0.05, 0.1) is 13.2 Å². The minimum atomic E-state index is 0.0309. The van der Waals surface area contributed by atoms with Crippen molar-refractivity contribution in [3.05, 3.63) is 23.4 Å². The molecule has 3 heteroatoms. The van der Waals surface area contributed by atoms with Gasteiger partial charge in [-0.05, 0) is 29.9 Å². The van der Waals surface area contributed by atoms with Gasteiger partial charge in [-0.15, -0.1) is 0 Å². The molecule has 1 aromatic rings. The van der Waals surface area contributed by atoms with Crippen LogP contribution >= 0.6 is 0 Å². The highest BCUT2D eigenvalue weighted by atomic mass is 16.5. The van der Waals surface area contributed by atoms with Crippen LogP contribution in [0, 0.1) is 5.92 Å². The topological polar surface area (TPSA) is 42.4 Å². The molecule has 0 aliphatic rings. The number of ether oxygens (including phenoxy) is 1. The van der Waals surface area contributed by atoms with Crippen molar-refractivity contribution in [3.8, 4) is 5.88 Å². The molecule has 0 radical (unpaired) electrons. The molecule has 1 heterocycles. The van der Waals surface area contributed by atoms with Crippen molar-refractivity contribution in [2.24, 2.45) is 5.92 Å². The SMILES string of the molecule is CCCC(C)COc1cc(CO)cc(C(C)C)n1. The summed E-state index contributed by atoms with van der Waals surface area (Å²) in [4.78, 5) is 4.48. The molecule has 0 aliphatic carbocycles.